The molecule has 1 aliphatic heterocycles. The first-order valence-electron chi connectivity index (χ1n) is 5.73. The van der Waals surface area contributed by atoms with E-state index in [-0.39, 0.29) is 11.7 Å². The molecule has 0 aliphatic carbocycles. The van der Waals surface area contributed by atoms with Gasteiger partial charge < -0.3 is 9.72 Å². The van der Waals surface area contributed by atoms with Crippen LogP contribution in [0.1, 0.15) is 18.9 Å². The topological polar surface area (TPSA) is 47.0 Å². The van der Waals surface area contributed by atoms with Crippen LogP contribution < -0.4 is 5.69 Å². The molecule has 0 spiro atoms. The molecule has 0 amide bonds. The van der Waals surface area contributed by atoms with Gasteiger partial charge in [0.2, 0.25) is 0 Å². The van der Waals surface area contributed by atoms with E-state index < -0.39 is 0 Å². The van der Waals surface area contributed by atoms with E-state index in [0.29, 0.717) is 0 Å². The number of rotatable bonds is 1. The Kier molecular flexibility index (Phi) is 2.80. The fourth-order valence-electron chi connectivity index (χ4n) is 2.40. The lowest BCUT2D eigenvalue weighted by Gasteiger charge is -2.23. The van der Waals surface area contributed by atoms with Crippen molar-refractivity contribution in [3.63, 3.8) is 0 Å². The Balaban J connectivity index is 2.16. The third-order valence-electron chi connectivity index (χ3n) is 3.24. The molecule has 0 radical (unpaired) electrons. The number of nitrogens with zero attached hydrogens (tertiary/aromatic N) is 1. The maximum atomic E-state index is 12.0. The van der Waals surface area contributed by atoms with Crippen LogP contribution >= 0.6 is 15.9 Å². The number of hydrogen-bond donors (Lipinski definition) is 1. The van der Waals surface area contributed by atoms with Crippen LogP contribution in [0, 0.1) is 0 Å². The van der Waals surface area contributed by atoms with E-state index in [1.807, 2.05) is 22.8 Å². The summed E-state index contributed by atoms with van der Waals surface area (Å²) >= 11 is 3.45. The minimum Gasteiger partial charge on any atom is -0.381 e. The molecule has 0 atom stereocenters. The number of aromatic amines is 1. The van der Waals surface area contributed by atoms with Crippen LogP contribution in [-0.4, -0.2) is 22.8 Å². The zero-order valence-corrected chi connectivity index (χ0v) is 10.9. The summed E-state index contributed by atoms with van der Waals surface area (Å²) in [6, 6.07) is 6.10. The highest BCUT2D eigenvalue weighted by Gasteiger charge is 2.20. The molecule has 2 aromatic rings. The standard InChI is InChI=1S/C12H13BrN2O2/c13-8-1-2-10-11(7-8)15(12(16)14-10)9-3-5-17-6-4-9/h1-2,7,9H,3-6H2,(H,14,16). The predicted octanol–water partition coefficient (Wildman–Crippen LogP) is 2.44. The van der Waals surface area contributed by atoms with Gasteiger partial charge in [0.05, 0.1) is 11.0 Å². The Labute approximate surface area is 107 Å². The SMILES string of the molecule is O=c1[nH]c2ccc(Br)cc2n1C1CCOCC1. The van der Waals surface area contributed by atoms with Gasteiger partial charge >= 0.3 is 5.69 Å². The van der Waals surface area contributed by atoms with Crippen molar-refractivity contribution in [2.75, 3.05) is 13.2 Å². The maximum absolute atomic E-state index is 12.0. The van der Waals surface area contributed by atoms with Crippen LogP contribution in [0.2, 0.25) is 0 Å². The number of aromatic nitrogens is 2. The van der Waals surface area contributed by atoms with E-state index in [4.69, 9.17) is 4.74 Å². The maximum Gasteiger partial charge on any atom is 0.326 e. The highest BCUT2D eigenvalue weighted by molar-refractivity contribution is 9.10. The van der Waals surface area contributed by atoms with Crippen molar-refractivity contribution >= 4 is 27.0 Å². The van der Waals surface area contributed by atoms with Gasteiger partial charge in [-0.15, -0.1) is 0 Å². The number of nitrogens with one attached hydrogen (secondary N) is 1. The molecule has 1 aromatic heterocycles. The van der Waals surface area contributed by atoms with Crippen LogP contribution in [0.3, 0.4) is 0 Å². The fraction of sp³-hybridized carbons (Fsp3) is 0.417. The molecule has 90 valence electrons. The molecule has 4 nitrogen and oxygen atoms in total. The molecule has 1 N–H and O–H groups in total. The van der Waals surface area contributed by atoms with Gasteiger partial charge in [-0.3, -0.25) is 4.57 Å². The van der Waals surface area contributed by atoms with Crippen LogP contribution in [0.15, 0.2) is 27.5 Å². The first kappa shape index (κ1) is 11.0. The van der Waals surface area contributed by atoms with E-state index in [2.05, 4.69) is 20.9 Å². The molecule has 3 rings (SSSR count). The zero-order valence-electron chi connectivity index (χ0n) is 9.28. The normalized spacial score (nSPS) is 17.7. The quantitative estimate of drug-likeness (QED) is 0.879. The summed E-state index contributed by atoms with van der Waals surface area (Å²) in [6.07, 6.45) is 1.80. The van der Waals surface area contributed by atoms with Crippen molar-refractivity contribution < 1.29 is 4.74 Å². The molecule has 1 saturated heterocycles. The van der Waals surface area contributed by atoms with Gasteiger partial charge in [-0.25, -0.2) is 4.79 Å². The van der Waals surface area contributed by atoms with Crippen LogP contribution in [0.5, 0.6) is 0 Å². The third-order valence-corrected chi connectivity index (χ3v) is 3.73. The number of benzene rings is 1. The van der Waals surface area contributed by atoms with E-state index in [0.717, 1.165) is 41.6 Å². The highest BCUT2D eigenvalue weighted by Crippen LogP contribution is 2.25. The molecule has 0 saturated carbocycles. The van der Waals surface area contributed by atoms with Gasteiger partial charge in [0.15, 0.2) is 0 Å². The minimum absolute atomic E-state index is 0.0231. The van der Waals surface area contributed by atoms with Crippen molar-refractivity contribution in [2.45, 2.75) is 18.9 Å². The molecule has 1 aromatic carbocycles. The Hall–Kier alpha value is -1.07. The van der Waals surface area contributed by atoms with Crippen LogP contribution in [0.25, 0.3) is 11.0 Å². The average molecular weight is 297 g/mol. The summed E-state index contributed by atoms with van der Waals surface area (Å²) in [4.78, 5) is 14.9. The van der Waals surface area contributed by atoms with Gasteiger partial charge in [-0.1, -0.05) is 15.9 Å². The van der Waals surface area contributed by atoms with Gasteiger partial charge in [-0.2, -0.15) is 0 Å². The molecular formula is C12H13BrN2O2. The largest absolute Gasteiger partial charge is 0.381 e. The van der Waals surface area contributed by atoms with Crippen molar-refractivity contribution in [1.82, 2.24) is 9.55 Å². The summed E-state index contributed by atoms with van der Waals surface area (Å²) < 4.78 is 8.19. The first-order valence-corrected chi connectivity index (χ1v) is 6.52. The van der Waals surface area contributed by atoms with Crippen molar-refractivity contribution in [3.8, 4) is 0 Å². The smallest absolute Gasteiger partial charge is 0.326 e. The van der Waals surface area contributed by atoms with Crippen LogP contribution in [-0.2, 0) is 4.74 Å². The molecule has 2 heterocycles. The Morgan fingerprint density at radius 2 is 2.12 bits per heavy atom. The number of ether oxygens (including phenoxy) is 1. The fourth-order valence-corrected chi connectivity index (χ4v) is 2.75. The van der Waals surface area contributed by atoms with Crippen molar-refractivity contribution in [1.29, 1.82) is 0 Å². The molecule has 0 bridgehead atoms. The van der Waals surface area contributed by atoms with Gasteiger partial charge in [-0.05, 0) is 31.0 Å². The molecule has 0 unspecified atom stereocenters. The minimum atomic E-state index is -0.0231. The van der Waals surface area contributed by atoms with Gasteiger partial charge in [0.25, 0.3) is 0 Å². The summed E-state index contributed by atoms with van der Waals surface area (Å²) in [5.74, 6) is 0. The van der Waals surface area contributed by atoms with E-state index in [9.17, 15) is 4.79 Å². The van der Waals surface area contributed by atoms with Crippen molar-refractivity contribution in [3.05, 3.63) is 33.2 Å². The number of halogens is 1. The average Bonchev–Trinajstić information content (AvgIpc) is 2.65. The predicted molar refractivity (Wildman–Crippen MR) is 69.3 cm³/mol. The third kappa shape index (κ3) is 1.93. The lowest BCUT2D eigenvalue weighted by molar-refractivity contribution is 0.0698. The van der Waals surface area contributed by atoms with Gasteiger partial charge in [0.1, 0.15) is 0 Å². The van der Waals surface area contributed by atoms with E-state index >= 15 is 0 Å². The number of fused-ring (bicyclic) bond motifs is 1. The number of imidazole rings is 1. The summed E-state index contributed by atoms with van der Waals surface area (Å²) in [5, 5.41) is 0. The van der Waals surface area contributed by atoms with E-state index in [1.165, 1.54) is 0 Å². The number of hydrogen-bond acceptors (Lipinski definition) is 2. The highest BCUT2D eigenvalue weighted by atomic mass is 79.9. The Morgan fingerprint density at radius 3 is 2.88 bits per heavy atom. The second-order valence-electron chi connectivity index (χ2n) is 4.31. The second kappa shape index (κ2) is 4.31. The lowest BCUT2D eigenvalue weighted by Crippen LogP contribution is -2.27. The summed E-state index contributed by atoms with van der Waals surface area (Å²) in [5.41, 5.74) is 1.84. The lowest BCUT2D eigenvalue weighted by atomic mass is 10.1. The van der Waals surface area contributed by atoms with Gasteiger partial charge in [0, 0.05) is 23.7 Å². The molecule has 5 heteroatoms. The number of H-pyrrole nitrogens is 1. The van der Waals surface area contributed by atoms with Crippen LogP contribution in [0.4, 0.5) is 0 Å². The first-order chi connectivity index (χ1) is 8.25. The Morgan fingerprint density at radius 1 is 1.35 bits per heavy atom. The second-order valence-corrected chi connectivity index (χ2v) is 5.22. The monoisotopic (exact) mass is 296 g/mol. The summed E-state index contributed by atoms with van der Waals surface area (Å²) in [7, 11) is 0. The van der Waals surface area contributed by atoms with Crippen molar-refractivity contribution in [2.24, 2.45) is 0 Å². The molecule has 1 fully saturated rings. The molecule has 1 aliphatic rings. The molecular weight excluding hydrogens is 284 g/mol. The summed E-state index contributed by atoms with van der Waals surface area (Å²) in [6.45, 7) is 1.47. The Bertz CT molecular complexity index is 596. The van der Waals surface area contributed by atoms with E-state index in [1.54, 1.807) is 0 Å². The zero-order chi connectivity index (χ0) is 11.8. The molecule has 17 heavy (non-hydrogen) atoms.